The van der Waals surface area contributed by atoms with Crippen LogP contribution in [0.2, 0.25) is 5.15 Å². The summed E-state index contributed by atoms with van der Waals surface area (Å²) in [6.45, 7) is 0.102. The monoisotopic (exact) mass is 317 g/mol. The summed E-state index contributed by atoms with van der Waals surface area (Å²) in [5.41, 5.74) is 7.06. The molecule has 1 aromatic rings. The molecule has 0 radical (unpaired) electrons. The maximum Gasteiger partial charge on any atom is 0.330 e. The highest BCUT2D eigenvalue weighted by Gasteiger charge is 2.41. The minimum atomic E-state index is -4.17. The lowest BCUT2D eigenvalue weighted by molar-refractivity contribution is -0.166. The van der Waals surface area contributed by atoms with Gasteiger partial charge < -0.3 is 10.5 Å². The molecule has 20 heavy (non-hydrogen) atoms. The number of aryl methyl sites for hydroxylation is 2. The van der Waals surface area contributed by atoms with Crippen molar-refractivity contribution < 1.29 is 22.3 Å². The molecule has 0 spiro atoms. The minimum Gasteiger partial charge on any atom is -0.373 e. The molecule has 9 heteroatoms. The lowest BCUT2D eigenvalue weighted by Crippen LogP contribution is -2.36. The molecule has 1 aromatic heterocycles. The highest BCUT2D eigenvalue weighted by atomic mass is 35.5. The Morgan fingerprint density at radius 1 is 1.45 bits per heavy atom. The van der Waals surface area contributed by atoms with Gasteiger partial charge in [-0.05, 0) is 13.3 Å². The van der Waals surface area contributed by atoms with E-state index in [1.54, 1.807) is 14.0 Å². The third-order valence-corrected chi connectivity index (χ3v) is 3.15. The standard InChI is InChI=1S/C11H16ClF4N3O/c1-6-8(9(12)19(2)18-6)3-7(17)4-20-5-11(15,16)10(13)14/h7,10H,3-5,17H2,1-2H3. The van der Waals surface area contributed by atoms with Crippen molar-refractivity contribution in [2.45, 2.75) is 31.7 Å². The van der Waals surface area contributed by atoms with Crippen molar-refractivity contribution in [2.24, 2.45) is 12.8 Å². The molecule has 4 nitrogen and oxygen atoms in total. The van der Waals surface area contributed by atoms with Crippen molar-refractivity contribution in [1.29, 1.82) is 0 Å². The molecule has 1 rings (SSSR count). The van der Waals surface area contributed by atoms with Crippen LogP contribution in [0, 0.1) is 6.92 Å². The van der Waals surface area contributed by atoms with Crippen LogP contribution in [0.3, 0.4) is 0 Å². The van der Waals surface area contributed by atoms with Gasteiger partial charge in [0.05, 0.1) is 12.3 Å². The van der Waals surface area contributed by atoms with Crippen LogP contribution in [-0.2, 0) is 18.2 Å². The molecule has 0 amide bonds. The Labute approximate surface area is 118 Å². The number of hydrogen-bond donors (Lipinski definition) is 1. The second-order valence-corrected chi connectivity index (χ2v) is 4.88. The van der Waals surface area contributed by atoms with Gasteiger partial charge in [-0.15, -0.1) is 0 Å². The minimum absolute atomic E-state index is 0.263. The molecule has 0 saturated carbocycles. The molecule has 0 aliphatic rings. The van der Waals surface area contributed by atoms with Crippen LogP contribution in [0.5, 0.6) is 0 Å². The largest absolute Gasteiger partial charge is 0.373 e. The Bertz CT molecular complexity index is 453. The van der Waals surface area contributed by atoms with E-state index in [2.05, 4.69) is 9.84 Å². The summed E-state index contributed by atoms with van der Waals surface area (Å²) in [6, 6.07) is -0.635. The van der Waals surface area contributed by atoms with Gasteiger partial charge in [-0.1, -0.05) is 11.6 Å². The molecule has 0 aliphatic heterocycles. The number of alkyl halides is 4. The Balaban J connectivity index is 2.47. The van der Waals surface area contributed by atoms with E-state index in [1.165, 1.54) is 4.68 Å². The summed E-state index contributed by atoms with van der Waals surface area (Å²) in [6.07, 6.45) is -3.49. The maximum absolute atomic E-state index is 12.6. The maximum atomic E-state index is 12.6. The van der Waals surface area contributed by atoms with Crippen LogP contribution in [0.1, 0.15) is 11.3 Å². The second kappa shape index (κ2) is 6.73. The Morgan fingerprint density at radius 2 is 2.05 bits per heavy atom. The predicted molar refractivity (Wildman–Crippen MR) is 66.4 cm³/mol. The van der Waals surface area contributed by atoms with E-state index in [0.29, 0.717) is 16.4 Å². The van der Waals surface area contributed by atoms with Gasteiger partial charge in [-0.3, -0.25) is 4.68 Å². The lowest BCUT2D eigenvalue weighted by atomic mass is 10.1. The average Bonchev–Trinajstić information content (AvgIpc) is 2.55. The topological polar surface area (TPSA) is 53.1 Å². The van der Waals surface area contributed by atoms with E-state index in [0.717, 1.165) is 0 Å². The molecular formula is C11H16ClF4N3O. The molecule has 1 unspecified atom stereocenters. The normalized spacial score (nSPS) is 14.1. The number of nitrogens with two attached hydrogens (primary N) is 1. The van der Waals surface area contributed by atoms with Crippen molar-refractivity contribution in [2.75, 3.05) is 13.2 Å². The zero-order valence-corrected chi connectivity index (χ0v) is 11.8. The molecule has 0 fully saturated rings. The van der Waals surface area contributed by atoms with Crippen molar-refractivity contribution in [3.05, 3.63) is 16.4 Å². The van der Waals surface area contributed by atoms with Crippen LogP contribution in [-0.4, -0.2) is 41.4 Å². The number of aromatic nitrogens is 2. The smallest absolute Gasteiger partial charge is 0.330 e. The highest BCUT2D eigenvalue weighted by Crippen LogP contribution is 2.23. The van der Waals surface area contributed by atoms with Gasteiger partial charge >= 0.3 is 12.3 Å². The van der Waals surface area contributed by atoms with Gasteiger partial charge in [0.1, 0.15) is 11.8 Å². The fraction of sp³-hybridized carbons (Fsp3) is 0.727. The first-order valence-electron chi connectivity index (χ1n) is 5.82. The first-order valence-corrected chi connectivity index (χ1v) is 6.20. The highest BCUT2D eigenvalue weighted by molar-refractivity contribution is 6.30. The molecule has 1 heterocycles. The average molecular weight is 318 g/mol. The number of hydrogen-bond acceptors (Lipinski definition) is 3. The molecule has 0 aliphatic carbocycles. The summed E-state index contributed by atoms with van der Waals surface area (Å²) in [5, 5.41) is 4.47. The Hall–Kier alpha value is -0.860. The fourth-order valence-electron chi connectivity index (χ4n) is 1.64. The van der Waals surface area contributed by atoms with E-state index >= 15 is 0 Å². The molecule has 0 saturated heterocycles. The van der Waals surface area contributed by atoms with Gasteiger partial charge in [-0.2, -0.15) is 13.9 Å². The zero-order valence-electron chi connectivity index (χ0n) is 11.0. The summed E-state index contributed by atoms with van der Waals surface area (Å²) in [4.78, 5) is 0. The fourth-order valence-corrected chi connectivity index (χ4v) is 1.89. The predicted octanol–water partition coefficient (Wildman–Crippen LogP) is 2.17. The first kappa shape index (κ1) is 17.2. The van der Waals surface area contributed by atoms with Gasteiger partial charge in [0.25, 0.3) is 0 Å². The molecule has 0 aromatic carbocycles. The van der Waals surface area contributed by atoms with E-state index in [4.69, 9.17) is 17.3 Å². The van der Waals surface area contributed by atoms with Gasteiger partial charge in [0.15, 0.2) is 0 Å². The Morgan fingerprint density at radius 3 is 2.50 bits per heavy atom. The Kier molecular flexibility index (Phi) is 5.79. The summed E-state index contributed by atoms with van der Waals surface area (Å²) in [7, 11) is 1.66. The van der Waals surface area contributed by atoms with Gasteiger partial charge in [-0.25, -0.2) is 8.78 Å². The lowest BCUT2D eigenvalue weighted by Gasteiger charge is -2.17. The summed E-state index contributed by atoms with van der Waals surface area (Å²) in [5.74, 6) is -4.17. The van der Waals surface area contributed by atoms with Crippen LogP contribution in [0.25, 0.3) is 0 Å². The van der Waals surface area contributed by atoms with Crippen molar-refractivity contribution >= 4 is 11.6 Å². The van der Waals surface area contributed by atoms with Crippen LogP contribution in [0.15, 0.2) is 0 Å². The molecular weight excluding hydrogens is 302 g/mol. The molecule has 2 N–H and O–H groups in total. The zero-order chi connectivity index (χ0) is 15.5. The second-order valence-electron chi connectivity index (χ2n) is 4.52. The number of nitrogens with zero attached hydrogens (tertiary/aromatic N) is 2. The van der Waals surface area contributed by atoms with Crippen LogP contribution >= 0.6 is 11.6 Å². The van der Waals surface area contributed by atoms with Crippen LogP contribution in [0.4, 0.5) is 17.6 Å². The number of rotatable bonds is 7. The number of halogens is 5. The van der Waals surface area contributed by atoms with Gasteiger partial charge in [0, 0.05) is 18.7 Å². The summed E-state index contributed by atoms with van der Waals surface area (Å²) >= 11 is 5.99. The van der Waals surface area contributed by atoms with E-state index in [1.807, 2.05) is 0 Å². The molecule has 116 valence electrons. The van der Waals surface area contributed by atoms with Crippen molar-refractivity contribution in [3.8, 4) is 0 Å². The SMILES string of the molecule is Cc1nn(C)c(Cl)c1CC(N)COCC(F)(F)C(F)F. The third-order valence-electron chi connectivity index (χ3n) is 2.68. The van der Waals surface area contributed by atoms with E-state index < -0.39 is 25.0 Å². The molecule has 1 atom stereocenters. The van der Waals surface area contributed by atoms with E-state index in [9.17, 15) is 17.6 Å². The van der Waals surface area contributed by atoms with E-state index in [-0.39, 0.29) is 13.0 Å². The number of ether oxygens (including phenoxy) is 1. The van der Waals surface area contributed by atoms with Gasteiger partial charge in [0.2, 0.25) is 0 Å². The van der Waals surface area contributed by atoms with Crippen LogP contribution < -0.4 is 5.73 Å². The van der Waals surface area contributed by atoms with Crippen molar-refractivity contribution in [1.82, 2.24) is 9.78 Å². The molecule has 0 bridgehead atoms. The summed E-state index contributed by atoms with van der Waals surface area (Å²) < 4.78 is 55.0. The first-order chi connectivity index (χ1) is 9.15. The third kappa shape index (κ3) is 4.32. The quantitative estimate of drug-likeness (QED) is 0.784. The van der Waals surface area contributed by atoms with Crippen molar-refractivity contribution in [3.63, 3.8) is 0 Å².